The fourth-order valence-corrected chi connectivity index (χ4v) is 3.63. The molecule has 0 saturated heterocycles. The van der Waals surface area contributed by atoms with Gasteiger partial charge in [-0.15, -0.1) is 11.3 Å². The topological polar surface area (TPSA) is 0 Å². The van der Waals surface area contributed by atoms with Crippen LogP contribution in [0.25, 0.3) is 0 Å². The largest absolute Gasteiger partial charge is 0.145 e. The van der Waals surface area contributed by atoms with Crippen molar-refractivity contribution < 1.29 is 0 Å². The van der Waals surface area contributed by atoms with Gasteiger partial charge in [-0.25, -0.2) is 0 Å². The van der Waals surface area contributed by atoms with Gasteiger partial charge in [0.25, 0.3) is 0 Å². The van der Waals surface area contributed by atoms with Crippen LogP contribution < -0.4 is 0 Å². The third-order valence-corrected chi connectivity index (χ3v) is 4.42. The highest BCUT2D eigenvalue weighted by molar-refractivity contribution is 7.12. The molecule has 0 saturated carbocycles. The lowest BCUT2D eigenvalue weighted by Crippen LogP contribution is -2.07. The van der Waals surface area contributed by atoms with E-state index in [9.17, 15) is 0 Å². The molecule has 0 aromatic carbocycles. The van der Waals surface area contributed by atoms with E-state index in [0.717, 1.165) is 5.92 Å². The molecule has 0 radical (unpaired) electrons. The van der Waals surface area contributed by atoms with E-state index in [1.807, 2.05) is 0 Å². The van der Waals surface area contributed by atoms with E-state index < -0.39 is 0 Å². The van der Waals surface area contributed by atoms with Gasteiger partial charge in [0.05, 0.1) is 0 Å². The molecule has 1 unspecified atom stereocenters. The van der Waals surface area contributed by atoms with E-state index in [-0.39, 0.29) is 0 Å². The van der Waals surface area contributed by atoms with Crippen LogP contribution in [0.1, 0.15) is 48.4 Å². The molecular formula is C13H20S. The van der Waals surface area contributed by atoms with Crippen LogP contribution in [0.15, 0.2) is 6.07 Å². The molecule has 0 aliphatic heterocycles. The third-order valence-electron chi connectivity index (χ3n) is 3.16. The summed E-state index contributed by atoms with van der Waals surface area (Å²) >= 11 is 2.08. The van der Waals surface area contributed by atoms with Crippen LogP contribution in [0.2, 0.25) is 0 Å². The molecule has 2 rings (SSSR count). The van der Waals surface area contributed by atoms with Gasteiger partial charge < -0.3 is 0 Å². The number of hydrogen-bond donors (Lipinski definition) is 0. The first-order valence-corrected chi connectivity index (χ1v) is 6.71. The molecule has 0 bridgehead atoms. The maximum absolute atomic E-state index is 2.47. The van der Waals surface area contributed by atoms with Crippen molar-refractivity contribution in [3.8, 4) is 0 Å². The fourth-order valence-electron chi connectivity index (χ4n) is 2.21. The van der Waals surface area contributed by atoms with Crippen LogP contribution in [-0.2, 0) is 19.3 Å². The molecule has 1 atom stereocenters. The van der Waals surface area contributed by atoms with Gasteiger partial charge in [-0.1, -0.05) is 20.3 Å². The predicted octanol–water partition coefficient (Wildman–Crippen LogP) is 4.22. The Morgan fingerprint density at radius 2 is 2.36 bits per heavy atom. The van der Waals surface area contributed by atoms with Crippen LogP contribution >= 0.6 is 11.3 Å². The lowest BCUT2D eigenvalue weighted by atomic mass is 9.90. The van der Waals surface area contributed by atoms with Crippen LogP contribution in [0.3, 0.4) is 0 Å². The lowest BCUT2D eigenvalue weighted by Gasteiger charge is -2.16. The van der Waals surface area contributed by atoms with Gasteiger partial charge in [0.2, 0.25) is 0 Å². The number of aryl methyl sites for hydroxylation is 2. The van der Waals surface area contributed by atoms with Gasteiger partial charge in [0.1, 0.15) is 0 Å². The number of hydrogen-bond acceptors (Lipinski definition) is 1. The van der Waals surface area contributed by atoms with Crippen molar-refractivity contribution in [3.05, 3.63) is 21.4 Å². The summed E-state index contributed by atoms with van der Waals surface area (Å²) in [5, 5.41) is 0. The molecule has 0 nitrogen and oxygen atoms in total. The van der Waals surface area contributed by atoms with Gasteiger partial charge in [0.15, 0.2) is 0 Å². The molecule has 1 heteroatoms. The zero-order chi connectivity index (χ0) is 9.97. The van der Waals surface area contributed by atoms with Crippen molar-refractivity contribution in [2.24, 2.45) is 5.92 Å². The average Bonchev–Trinajstić information content (AvgIpc) is 2.56. The van der Waals surface area contributed by atoms with Gasteiger partial charge in [-0.05, 0) is 49.7 Å². The quantitative estimate of drug-likeness (QED) is 0.698. The van der Waals surface area contributed by atoms with E-state index >= 15 is 0 Å². The van der Waals surface area contributed by atoms with Crippen molar-refractivity contribution in [3.63, 3.8) is 0 Å². The molecule has 1 aromatic rings. The van der Waals surface area contributed by atoms with Crippen molar-refractivity contribution >= 4 is 11.3 Å². The minimum Gasteiger partial charge on any atom is -0.145 e. The summed E-state index contributed by atoms with van der Waals surface area (Å²) in [6, 6.07) is 2.47. The molecule has 78 valence electrons. The number of fused-ring (bicyclic) bond motifs is 1. The second-order valence-electron chi connectivity index (χ2n) is 4.61. The van der Waals surface area contributed by atoms with Gasteiger partial charge in [0, 0.05) is 9.75 Å². The molecule has 0 spiro atoms. The summed E-state index contributed by atoms with van der Waals surface area (Å²) < 4.78 is 0. The minimum absolute atomic E-state index is 0.917. The lowest BCUT2D eigenvalue weighted by molar-refractivity contribution is 0.507. The molecule has 0 N–H and O–H groups in total. The van der Waals surface area contributed by atoms with Crippen LogP contribution in [0, 0.1) is 5.92 Å². The third kappa shape index (κ3) is 2.20. The molecule has 1 aliphatic carbocycles. The van der Waals surface area contributed by atoms with E-state index in [2.05, 4.69) is 31.3 Å². The Labute approximate surface area is 91.4 Å². The normalized spacial score (nSPS) is 20.9. The Kier molecular flexibility index (Phi) is 3.27. The summed E-state index contributed by atoms with van der Waals surface area (Å²) in [6.07, 6.45) is 8.05. The van der Waals surface area contributed by atoms with E-state index in [0.29, 0.717) is 0 Å². The molecule has 0 fully saturated rings. The first kappa shape index (κ1) is 10.2. The molecule has 1 aliphatic rings. The molecule has 1 aromatic heterocycles. The van der Waals surface area contributed by atoms with Crippen molar-refractivity contribution in [2.75, 3.05) is 0 Å². The fraction of sp³-hybridized carbons (Fsp3) is 0.692. The second kappa shape index (κ2) is 4.48. The maximum atomic E-state index is 2.47. The van der Waals surface area contributed by atoms with E-state index in [4.69, 9.17) is 0 Å². The van der Waals surface area contributed by atoms with Crippen LogP contribution in [0.5, 0.6) is 0 Å². The van der Waals surface area contributed by atoms with Gasteiger partial charge >= 0.3 is 0 Å². The highest BCUT2D eigenvalue weighted by atomic mass is 32.1. The Bertz CT molecular complexity index is 298. The SMILES string of the molecule is CCCCc1cc2c(s1)CC(C)CC2. The monoisotopic (exact) mass is 208 g/mol. The smallest absolute Gasteiger partial charge is 0.00828 e. The second-order valence-corrected chi connectivity index (χ2v) is 5.83. The Morgan fingerprint density at radius 1 is 1.50 bits per heavy atom. The van der Waals surface area contributed by atoms with Crippen molar-refractivity contribution in [1.29, 1.82) is 0 Å². The Morgan fingerprint density at radius 3 is 3.14 bits per heavy atom. The molecule has 14 heavy (non-hydrogen) atoms. The van der Waals surface area contributed by atoms with E-state index in [1.54, 1.807) is 15.3 Å². The molecule has 0 amide bonds. The zero-order valence-electron chi connectivity index (χ0n) is 9.31. The van der Waals surface area contributed by atoms with Crippen LogP contribution in [-0.4, -0.2) is 0 Å². The first-order chi connectivity index (χ1) is 6.79. The highest BCUT2D eigenvalue weighted by Gasteiger charge is 2.17. The minimum atomic E-state index is 0.917. The standard InChI is InChI=1S/C13H20S/c1-3-4-5-12-9-11-7-6-10(2)8-13(11)14-12/h9-10H,3-8H2,1-2H3. The maximum Gasteiger partial charge on any atom is 0.00828 e. The zero-order valence-corrected chi connectivity index (χ0v) is 10.1. The average molecular weight is 208 g/mol. The molecule has 1 heterocycles. The Balaban J connectivity index is 2.07. The van der Waals surface area contributed by atoms with Gasteiger partial charge in [-0.2, -0.15) is 0 Å². The van der Waals surface area contributed by atoms with Gasteiger partial charge in [-0.3, -0.25) is 0 Å². The Hall–Kier alpha value is -0.300. The van der Waals surface area contributed by atoms with Crippen molar-refractivity contribution in [2.45, 2.75) is 52.4 Å². The first-order valence-electron chi connectivity index (χ1n) is 5.90. The number of thiophene rings is 1. The number of rotatable bonds is 3. The van der Waals surface area contributed by atoms with Crippen molar-refractivity contribution in [1.82, 2.24) is 0 Å². The summed E-state index contributed by atoms with van der Waals surface area (Å²) in [6.45, 7) is 4.66. The summed E-state index contributed by atoms with van der Waals surface area (Å²) in [5.74, 6) is 0.917. The summed E-state index contributed by atoms with van der Waals surface area (Å²) in [4.78, 5) is 3.32. The molecular weight excluding hydrogens is 188 g/mol. The highest BCUT2D eigenvalue weighted by Crippen LogP contribution is 2.32. The number of unbranched alkanes of at least 4 members (excludes halogenated alkanes) is 1. The summed E-state index contributed by atoms with van der Waals surface area (Å²) in [7, 11) is 0. The van der Waals surface area contributed by atoms with E-state index in [1.165, 1.54) is 38.5 Å². The van der Waals surface area contributed by atoms with Crippen LogP contribution in [0.4, 0.5) is 0 Å². The summed E-state index contributed by atoms with van der Waals surface area (Å²) in [5.41, 5.74) is 1.67. The predicted molar refractivity (Wildman–Crippen MR) is 64.1 cm³/mol.